The molecule has 0 saturated heterocycles. The number of benzene rings is 3. The summed E-state index contributed by atoms with van der Waals surface area (Å²) in [6, 6.07) is 22.9. The van der Waals surface area contributed by atoms with Crippen molar-refractivity contribution in [2.24, 2.45) is 5.92 Å². The Balaban J connectivity index is 1.60. The van der Waals surface area contributed by atoms with Crippen molar-refractivity contribution in [1.82, 2.24) is 4.57 Å². The topological polar surface area (TPSA) is 75.6 Å². The minimum absolute atomic E-state index is 0.280. The van der Waals surface area contributed by atoms with Crippen molar-refractivity contribution in [2.45, 2.75) is 58.9 Å². The van der Waals surface area contributed by atoms with E-state index in [9.17, 15) is 9.59 Å². The van der Waals surface area contributed by atoms with Crippen molar-refractivity contribution in [3.05, 3.63) is 83.5 Å². The highest BCUT2D eigenvalue weighted by atomic mass is 35.5. The maximum Gasteiger partial charge on any atom is 0.355 e. The number of halogens is 1. The molecule has 3 aromatic carbocycles. The summed E-state index contributed by atoms with van der Waals surface area (Å²) in [6.07, 6.45) is 5.92. The fourth-order valence-corrected chi connectivity index (χ4v) is 5.98. The van der Waals surface area contributed by atoms with Crippen LogP contribution in [0.1, 0.15) is 63.4 Å². The van der Waals surface area contributed by atoms with Gasteiger partial charge < -0.3 is 24.8 Å². The van der Waals surface area contributed by atoms with Gasteiger partial charge in [0.05, 0.1) is 23.5 Å². The first-order valence-corrected chi connectivity index (χ1v) is 15.2. The number of rotatable bonds is 9. The molecule has 5 rings (SSSR count). The Hall–Kier alpha value is -3.97. The highest BCUT2D eigenvalue weighted by Gasteiger charge is 2.26. The van der Waals surface area contributed by atoms with Crippen LogP contribution >= 0.6 is 11.6 Å². The summed E-state index contributed by atoms with van der Waals surface area (Å²) in [5, 5.41) is 7.60. The van der Waals surface area contributed by atoms with Gasteiger partial charge in [0.25, 0.3) is 0 Å². The van der Waals surface area contributed by atoms with Crippen LogP contribution in [0.3, 0.4) is 0 Å². The number of para-hydroxylation sites is 1. The number of amides is 2. The van der Waals surface area contributed by atoms with Crippen molar-refractivity contribution < 1.29 is 14.3 Å². The SMILES string of the molecule is CCOC(=O)c1cc2ccccc2n1-c1ccc(N(CC(C)C)C2CCCCC2)c(NC(=O)Nc2ccc(Cl)cc2)c1. The minimum Gasteiger partial charge on any atom is -0.461 e. The average molecular weight is 587 g/mol. The summed E-state index contributed by atoms with van der Waals surface area (Å²) in [5.41, 5.74) is 4.38. The Morgan fingerprint density at radius 3 is 2.43 bits per heavy atom. The molecule has 0 spiro atoms. The van der Waals surface area contributed by atoms with Crippen LogP contribution in [-0.2, 0) is 4.74 Å². The van der Waals surface area contributed by atoms with Gasteiger partial charge in [-0.2, -0.15) is 0 Å². The number of carbonyl (C=O) groups excluding carboxylic acids is 2. The fourth-order valence-electron chi connectivity index (χ4n) is 5.85. The molecule has 4 aromatic rings. The quantitative estimate of drug-likeness (QED) is 0.192. The number of fused-ring (bicyclic) bond motifs is 1. The van der Waals surface area contributed by atoms with Crippen molar-refractivity contribution in [1.29, 1.82) is 0 Å². The fraction of sp³-hybridized carbons (Fsp3) is 0.353. The predicted molar refractivity (Wildman–Crippen MR) is 172 cm³/mol. The second-order valence-electron chi connectivity index (χ2n) is 11.3. The molecule has 220 valence electrons. The second kappa shape index (κ2) is 13.3. The zero-order valence-corrected chi connectivity index (χ0v) is 25.3. The van der Waals surface area contributed by atoms with Crippen LogP contribution < -0.4 is 15.5 Å². The van der Waals surface area contributed by atoms with E-state index in [-0.39, 0.29) is 12.6 Å². The van der Waals surface area contributed by atoms with Gasteiger partial charge in [-0.3, -0.25) is 0 Å². The number of ether oxygens (including phenoxy) is 1. The van der Waals surface area contributed by atoms with Crippen molar-refractivity contribution in [3.8, 4) is 5.69 Å². The van der Waals surface area contributed by atoms with Crippen LogP contribution in [0, 0.1) is 5.92 Å². The average Bonchev–Trinajstić information content (AvgIpc) is 3.38. The van der Waals surface area contributed by atoms with E-state index in [2.05, 4.69) is 35.4 Å². The Morgan fingerprint density at radius 2 is 1.71 bits per heavy atom. The van der Waals surface area contributed by atoms with Crippen LogP contribution in [0.5, 0.6) is 0 Å². The first-order valence-electron chi connectivity index (χ1n) is 14.9. The molecule has 2 N–H and O–H groups in total. The number of hydrogen-bond donors (Lipinski definition) is 2. The number of nitrogens with zero attached hydrogens (tertiary/aromatic N) is 2. The summed E-state index contributed by atoms with van der Waals surface area (Å²) in [6.45, 7) is 7.40. The lowest BCUT2D eigenvalue weighted by Crippen LogP contribution is -2.40. The van der Waals surface area contributed by atoms with E-state index in [0.29, 0.717) is 34.1 Å². The van der Waals surface area contributed by atoms with Gasteiger partial charge in [-0.25, -0.2) is 9.59 Å². The molecule has 1 heterocycles. The van der Waals surface area contributed by atoms with Crippen LogP contribution in [0.15, 0.2) is 72.8 Å². The van der Waals surface area contributed by atoms with E-state index in [0.717, 1.165) is 41.7 Å². The van der Waals surface area contributed by atoms with E-state index in [1.165, 1.54) is 19.3 Å². The van der Waals surface area contributed by atoms with Gasteiger partial charge >= 0.3 is 12.0 Å². The van der Waals surface area contributed by atoms with Crippen LogP contribution in [0.2, 0.25) is 5.02 Å². The third-order valence-electron chi connectivity index (χ3n) is 7.67. The molecule has 0 bridgehead atoms. The van der Waals surface area contributed by atoms with E-state index in [1.54, 1.807) is 31.2 Å². The lowest BCUT2D eigenvalue weighted by molar-refractivity contribution is 0.0517. The molecule has 1 fully saturated rings. The molecule has 1 aliphatic rings. The van der Waals surface area contributed by atoms with Crippen LogP contribution in [0.25, 0.3) is 16.6 Å². The van der Waals surface area contributed by atoms with Crippen LogP contribution in [0.4, 0.5) is 21.9 Å². The smallest absolute Gasteiger partial charge is 0.355 e. The molecule has 1 aliphatic carbocycles. The van der Waals surface area contributed by atoms with Gasteiger partial charge in [0, 0.05) is 34.4 Å². The van der Waals surface area contributed by atoms with Gasteiger partial charge in [-0.05, 0) is 80.3 Å². The number of urea groups is 1. The number of nitrogens with one attached hydrogen (secondary N) is 2. The molecular formula is C34H39ClN4O3. The molecule has 1 saturated carbocycles. The molecule has 0 aliphatic heterocycles. The maximum atomic E-state index is 13.4. The summed E-state index contributed by atoms with van der Waals surface area (Å²) in [7, 11) is 0. The Morgan fingerprint density at radius 1 is 0.976 bits per heavy atom. The zero-order valence-electron chi connectivity index (χ0n) is 24.5. The molecule has 0 unspecified atom stereocenters. The van der Waals surface area contributed by atoms with Crippen LogP contribution in [-0.4, -0.2) is 35.8 Å². The lowest BCUT2D eigenvalue weighted by atomic mass is 9.93. The standard InChI is InChI=1S/C34H39ClN4O3/c1-4-42-33(40)32-20-24-10-8-9-13-30(24)39(32)28-18-19-31(38(22-23(2)3)27-11-6-5-7-12-27)29(21-28)37-34(41)36-26-16-14-25(35)15-17-26/h8-10,13-21,23,27H,4-7,11-12,22H2,1-3H3,(H2,36,37,41). The Labute approximate surface area is 252 Å². The number of aromatic nitrogens is 1. The van der Waals surface area contributed by atoms with E-state index in [4.69, 9.17) is 16.3 Å². The largest absolute Gasteiger partial charge is 0.461 e. The van der Waals surface area contributed by atoms with Gasteiger partial charge in [0.15, 0.2) is 0 Å². The number of hydrogen-bond acceptors (Lipinski definition) is 4. The monoisotopic (exact) mass is 586 g/mol. The predicted octanol–water partition coefficient (Wildman–Crippen LogP) is 8.90. The molecule has 0 atom stereocenters. The molecule has 8 heteroatoms. The van der Waals surface area contributed by atoms with E-state index in [1.807, 2.05) is 47.0 Å². The molecule has 0 radical (unpaired) electrons. The normalized spacial score (nSPS) is 13.7. The first-order chi connectivity index (χ1) is 20.3. The van der Waals surface area contributed by atoms with Gasteiger partial charge in [0.2, 0.25) is 0 Å². The Kier molecular flexibility index (Phi) is 9.38. The van der Waals surface area contributed by atoms with Crippen molar-refractivity contribution in [2.75, 3.05) is 28.7 Å². The van der Waals surface area contributed by atoms with Gasteiger partial charge in [0.1, 0.15) is 5.69 Å². The number of esters is 1. The minimum atomic E-state index is -0.392. The summed E-state index contributed by atoms with van der Waals surface area (Å²) in [5.74, 6) is 0.0440. The second-order valence-corrected chi connectivity index (χ2v) is 11.7. The first kappa shape index (κ1) is 29.5. The van der Waals surface area contributed by atoms with Crippen molar-refractivity contribution in [3.63, 3.8) is 0 Å². The highest BCUT2D eigenvalue weighted by molar-refractivity contribution is 6.30. The molecule has 2 amide bonds. The van der Waals surface area contributed by atoms with Crippen molar-refractivity contribution >= 4 is 51.6 Å². The third kappa shape index (κ3) is 6.73. The number of anilines is 3. The highest BCUT2D eigenvalue weighted by Crippen LogP contribution is 2.36. The third-order valence-corrected chi connectivity index (χ3v) is 7.92. The zero-order chi connectivity index (χ0) is 29.6. The van der Waals surface area contributed by atoms with Gasteiger partial charge in [-0.1, -0.05) is 62.9 Å². The Bertz CT molecular complexity index is 1540. The summed E-state index contributed by atoms with van der Waals surface area (Å²) >= 11 is 6.04. The summed E-state index contributed by atoms with van der Waals surface area (Å²) < 4.78 is 7.33. The number of carbonyl (C=O) groups is 2. The molecule has 7 nitrogen and oxygen atoms in total. The molecular weight excluding hydrogens is 548 g/mol. The van der Waals surface area contributed by atoms with E-state index >= 15 is 0 Å². The summed E-state index contributed by atoms with van der Waals surface area (Å²) in [4.78, 5) is 28.9. The molecule has 1 aromatic heterocycles. The lowest BCUT2D eigenvalue weighted by Gasteiger charge is -2.38. The molecule has 42 heavy (non-hydrogen) atoms. The van der Waals surface area contributed by atoms with E-state index < -0.39 is 5.97 Å². The van der Waals surface area contributed by atoms with Gasteiger partial charge in [-0.15, -0.1) is 0 Å². The maximum absolute atomic E-state index is 13.4.